The summed E-state index contributed by atoms with van der Waals surface area (Å²) < 4.78 is 0. The molecule has 0 aliphatic heterocycles. The highest BCUT2D eigenvalue weighted by atomic mass is 14.9. The largest absolute Gasteiger partial charge is 0.256 e. The van der Waals surface area contributed by atoms with E-state index in [-0.39, 0.29) is 0 Å². The summed E-state index contributed by atoms with van der Waals surface area (Å²) in [5.41, 5.74) is 16.7. The van der Waals surface area contributed by atoms with Crippen LogP contribution >= 0.6 is 0 Å². The smallest absolute Gasteiger partial charge is 0.160 e. The third-order valence-corrected chi connectivity index (χ3v) is 10.2. The van der Waals surface area contributed by atoms with Crippen LogP contribution < -0.4 is 0 Å². The van der Waals surface area contributed by atoms with Crippen molar-refractivity contribution >= 4 is 0 Å². The molecule has 0 atom stereocenters. The third kappa shape index (κ3) is 4.06. The van der Waals surface area contributed by atoms with Crippen LogP contribution in [0.2, 0.25) is 0 Å². The Balaban J connectivity index is 1.22. The van der Waals surface area contributed by atoms with Gasteiger partial charge in [-0.1, -0.05) is 152 Å². The van der Waals surface area contributed by atoms with Crippen LogP contribution in [-0.4, -0.2) is 15.0 Å². The Hall–Kier alpha value is -6.45. The van der Waals surface area contributed by atoms with E-state index in [9.17, 15) is 0 Å². The Bertz CT molecular complexity index is 2490. The molecule has 6 aromatic carbocycles. The molecule has 0 unspecified atom stereocenters. The van der Waals surface area contributed by atoms with E-state index >= 15 is 0 Å². The number of nitrogens with zero attached hydrogens (tertiary/aromatic N) is 3. The van der Waals surface area contributed by atoms with Gasteiger partial charge in [0.25, 0.3) is 0 Å². The standard InChI is InChI=1S/C46H29N3/c1-3-14-30(15-4-1)41-27-26-32(29-47-41)42-28-43(49-45(48-42)31-16-5-2-6-17-31)36-21-13-25-40-44(36)35-20-9-12-24-39(35)46(40)37-22-10-7-18-33(37)34-19-8-11-23-38(34)46/h1-29H. The van der Waals surface area contributed by atoms with Crippen LogP contribution in [0.3, 0.4) is 0 Å². The second-order valence-corrected chi connectivity index (χ2v) is 12.7. The predicted octanol–water partition coefficient (Wildman–Crippen LogP) is 10.9. The molecule has 0 saturated carbocycles. The second kappa shape index (κ2) is 10.8. The van der Waals surface area contributed by atoms with Crippen molar-refractivity contribution in [1.29, 1.82) is 0 Å². The normalized spacial score (nSPS) is 13.1. The van der Waals surface area contributed by atoms with E-state index in [0.29, 0.717) is 5.82 Å². The first-order valence-electron chi connectivity index (χ1n) is 16.7. The van der Waals surface area contributed by atoms with E-state index in [1.165, 1.54) is 44.5 Å². The molecule has 2 aromatic heterocycles. The summed E-state index contributed by atoms with van der Waals surface area (Å²) >= 11 is 0. The maximum absolute atomic E-state index is 5.29. The van der Waals surface area contributed by atoms with E-state index < -0.39 is 5.41 Å². The molecular weight excluding hydrogens is 595 g/mol. The molecule has 1 spiro atoms. The van der Waals surface area contributed by atoms with Crippen molar-refractivity contribution in [3.63, 3.8) is 0 Å². The fraction of sp³-hybridized carbons (Fsp3) is 0.0217. The molecule has 0 N–H and O–H groups in total. The minimum absolute atomic E-state index is 0.412. The van der Waals surface area contributed by atoms with Crippen molar-refractivity contribution in [2.45, 2.75) is 5.41 Å². The summed E-state index contributed by atoms with van der Waals surface area (Å²) in [6.07, 6.45) is 1.93. The number of hydrogen-bond acceptors (Lipinski definition) is 3. The average Bonchev–Trinajstić information content (AvgIpc) is 3.66. The lowest BCUT2D eigenvalue weighted by Crippen LogP contribution is -2.25. The molecule has 2 aliphatic rings. The maximum atomic E-state index is 5.29. The fourth-order valence-corrected chi connectivity index (χ4v) is 8.13. The Labute approximate surface area is 285 Å². The van der Waals surface area contributed by atoms with E-state index in [1.807, 2.05) is 42.6 Å². The zero-order chi connectivity index (χ0) is 32.4. The van der Waals surface area contributed by atoms with Crippen LogP contribution in [0.5, 0.6) is 0 Å². The van der Waals surface area contributed by atoms with E-state index in [4.69, 9.17) is 15.0 Å². The van der Waals surface area contributed by atoms with Crippen LogP contribution in [-0.2, 0) is 5.41 Å². The van der Waals surface area contributed by atoms with Crippen LogP contribution in [0.1, 0.15) is 22.3 Å². The molecule has 49 heavy (non-hydrogen) atoms. The first-order chi connectivity index (χ1) is 24.3. The van der Waals surface area contributed by atoms with Crippen LogP contribution in [0.25, 0.3) is 67.4 Å². The molecule has 0 radical (unpaired) electrons. The van der Waals surface area contributed by atoms with Gasteiger partial charge >= 0.3 is 0 Å². The van der Waals surface area contributed by atoms with Crippen molar-refractivity contribution in [2.75, 3.05) is 0 Å². The quantitative estimate of drug-likeness (QED) is 0.196. The van der Waals surface area contributed by atoms with Gasteiger partial charge in [-0.15, -0.1) is 0 Å². The highest BCUT2D eigenvalue weighted by Gasteiger charge is 2.52. The van der Waals surface area contributed by atoms with Gasteiger partial charge in [-0.2, -0.15) is 0 Å². The Morgan fingerprint density at radius 2 is 0.878 bits per heavy atom. The van der Waals surface area contributed by atoms with Crippen molar-refractivity contribution in [2.24, 2.45) is 0 Å². The predicted molar refractivity (Wildman–Crippen MR) is 198 cm³/mol. The molecule has 10 rings (SSSR count). The molecule has 3 nitrogen and oxygen atoms in total. The molecular formula is C46H29N3. The lowest BCUT2D eigenvalue weighted by molar-refractivity contribution is 0.794. The first-order valence-corrected chi connectivity index (χ1v) is 16.7. The lowest BCUT2D eigenvalue weighted by atomic mass is 9.70. The number of fused-ring (bicyclic) bond motifs is 10. The summed E-state index contributed by atoms with van der Waals surface area (Å²) in [5.74, 6) is 0.690. The molecule has 3 heteroatoms. The summed E-state index contributed by atoms with van der Waals surface area (Å²) in [6.45, 7) is 0. The fourth-order valence-electron chi connectivity index (χ4n) is 8.13. The number of rotatable bonds is 4. The van der Waals surface area contributed by atoms with E-state index in [1.54, 1.807) is 0 Å². The second-order valence-electron chi connectivity index (χ2n) is 12.7. The van der Waals surface area contributed by atoms with Gasteiger partial charge in [0.05, 0.1) is 22.5 Å². The molecule has 228 valence electrons. The van der Waals surface area contributed by atoms with Gasteiger partial charge in [0.2, 0.25) is 0 Å². The highest BCUT2D eigenvalue weighted by Crippen LogP contribution is 2.63. The van der Waals surface area contributed by atoms with E-state index in [2.05, 4.69) is 133 Å². The summed E-state index contributed by atoms with van der Waals surface area (Å²) in [6, 6.07) is 60.4. The zero-order valence-corrected chi connectivity index (χ0v) is 26.6. The minimum atomic E-state index is -0.412. The minimum Gasteiger partial charge on any atom is -0.256 e. The number of pyridine rings is 1. The van der Waals surface area contributed by atoms with Gasteiger partial charge in [-0.3, -0.25) is 4.98 Å². The van der Waals surface area contributed by atoms with Crippen molar-refractivity contribution in [3.8, 4) is 67.4 Å². The lowest BCUT2D eigenvalue weighted by Gasteiger charge is -2.30. The first kappa shape index (κ1) is 27.6. The highest BCUT2D eigenvalue weighted by molar-refractivity contribution is 5.99. The zero-order valence-electron chi connectivity index (χ0n) is 26.6. The summed E-state index contributed by atoms with van der Waals surface area (Å²) in [7, 11) is 0. The Morgan fingerprint density at radius 3 is 1.53 bits per heavy atom. The topological polar surface area (TPSA) is 38.7 Å². The van der Waals surface area contributed by atoms with Crippen molar-refractivity contribution in [3.05, 3.63) is 198 Å². The van der Waals surface area contributed by atoms with Crippen molar-refractivity contribution in [1.82, 2.24) is 15.0 Å². The Kier molecular flexibility index (Phi) is 6.09. The molecule has 0 amide bonds. The number of aromatic nitrogens is 3. The van der Waals surface area contributed by atoms with Gasteiger partial charge in [-0.05, 0) is 62.7 Å². The van der Waals surface area contributed by atoms with Crippen LogP contribution in [0.4, 0.5) is 0 Å². The monoisotopic (exact) mass is 623 g/mol. The van der Waals surface area contributed by atoms with Gasteiger partial charge in [-0.25, -0.2) is 9.97 Å². The maximum Gasteiger partial charge on any atom is 0.160 e. The molecule has 0 saturated heterocycles. The summed E-state index contributed by atoms with van der Waals surface area (Å²) in [4.78, 5) is 15.3. The molecule has 2 aliphatic carbocycles. The van der Waals surface area contributed by atoms with Crippen LogP contribution in [0.15, 0.2) is 176 Å². The van der Waals surface area contributed by atoms with E-state index in [0.717, 1.165) is 39.3 Å². The average molecular weight is 624 g/mol. The van der Waals surface area contributed by atoms with Gasteiger partial charge < -0.3 is 0 Å². The van der Waals surface area contributed by atoms with Crippen molar-refractivity contribution < 1.29 is 0 Å². The SMILES string of the molecule is c1ccc(-c2ccc(-c3cc(-c4cccc5c4-c4ccccc4C54c5ccccc5-c5ccccc54)nc(-c4ccccc4)n3)cn2)cc1. The molecule has 2 heterocycles. The van der Waals surface area contributed by atoms with Gasteiger partial charge in [0, 0.05) is 28.5 Å². The summed E-state index contributed by atoms with van der Waals surface area (Å²) in [5, 5.41) is 0. The molecule has 8 aromatic rings. The number of hydrogen-bond donors (Lipinski definition) is 0. The third-order valence-electron chi connectivity index (χ3n) is 10.2. The number of benzene rings is 6. The molecule has 0 bridgehead atoms. The van der Waals surface area contributed by atoms with Gasteiger partial charge in [0.1, 0.15) is 0 Å². The Morgan fingerprint density at radius 1 is 0.347 bits per heavy atom. The van der Waals surface area contributed by atoms with Gasteiger partial charge in [0.15, 0.2) is 5.82 Å². The van der Waals surface area contributed by atoms with Crippen LogP contribution in [0, 0.1) is 0 Å². The molecule has 0 fully saturated rings.